The molecule has 0 aliphatic rings. The number of rotatable bonds is 3. The first-order valence-corrected chi connectivity index (χ1v) is 4.86. The minimum atomic E-state index is -1.00. The molecule has 0 aliphatic carbocycles. The van der Waals surface area contributed by atoms with Gasteiger partial charge in [0.15, 0.2) is 0 Å². The fraction of sp³-hybridized carbons (Fsp3) is 0.300. The molecule has 1 aromatic heterocycles. The van der Waals surface area contributed by atoms with Crippen LogP contribution in [0.1, 0.15) is 11.1 Å². The van der Waals surface area contributed by atoms with Crippen molar-refractivity contribution in [1.29, 1.82) is 0 Å². The number of benzene rings is 1. The van der Waals surface area contributed by atoms with Gasteiger partial charge in [-0.25, -0.2) is 0 Å². The van der Waals surface area contributed by atoms with Crippen molar-refractivity contribution in [2.24, 2.45) is 5.73 Å². The van der Waals surface area contributed by atoms with Crippen LogP contribution in [-0.2, 0) is 11.2 Å². The quantitative estimate of drug-likeness (QED) is 0.686. The van der Waals surface area contributed by atoms with Gasteiger partial charge >= 0.3 is 5.97 Å². The van der Waals surface area contributed by atoms with Crippen molar-refractivity contribution >= 4 is 17.0 Å². The SMILES string of the molecule is Cc1cc(CC(N)C(=O)O)cc2n[nH]nc12. The molecule has 6 nitrogen and oxygen atoms in total. The van der Waals surface area contributed by atoms with Crippen molar-refractivity contribution < 1.29 is 9.90 Å². The summed E-state index contributed by atoms with van der Waals surface area (Å²) >= 11 is 0. The Bertz CT molecular complexity index is 535. The van der Waals surface area contributed by atoms with E-state index < -0.39 is 12.0 Å². The number of hydrogen-bond acceptors (Lipinski definition) is 4. The highest BCUT2D eigenvalue weighted by molar-refractivity contribution is 5.79. The van der Waals surface area contributed by atoms with Crippen molar-refractivity contribution in [2.75, 3.05) is 0 Å². The Morgan fingerprint density at radius 1 is 1.56 bits per heavy atom. The zero-order valence-corrected chi connectivity index (χ0v) is 8.77. The van der Waals surface area contributed by atoms with E-state index in [1.54, 1.807) is 6.07 Å². The molecular weight excluding hydrogens is 208 g/mol. The number of aromatic nitrogens is 3. The van der Waals surface area contributed by atoms with Crippen LogP contribution in [0.2, 0.25) is 0 Å². The number of nitrogens with two attached hydrogens (primary N) is 1. The number of H-pyrrole nitrogens is 1. The number of nitrogens with zero attached hydrogens (tertiary/aromatic N) is 2. The minimum absolute atomic E-state index is 0.291. The summed E-state index contributed by atoms with van der Waals surface area (Å²) in [5.41, 5.74) is 8.82. The maximum Gasteiger partial charge on any atom is 0.320 e. The van der Waals surface area contributed by atoms with Gasteiger partial charge in [0.1, 0.15) is 17.1 Å². The van der Waals surface area contributed by atoms with Crippen molar-refractivity contribution in [2.45, 2.75) is 19.4 Å². The zero-order chi connectivity index (χ0) is 11.7. The largest absolute Gasteiger partial charge is 0.480 e. The van der Waals surface area contributed by atoms with E-state index in [0.29, 0.717) is 6.42 Å². The van der Waals surface area contributed by atoms with Gasteiger partial charge in [-0.2, -0.15) is 15.4 Å². The van der Waals surface area contributed by atoms with Gasteiger partial charge in [0.2, 0.25) is 0 Å². The van der Waals surface area contributed by atoms with Crippen LogP contribution in [0.25, 0.3) is 11.0 Å². The van der Waals surface area contributed by atoms with Crippen LogP contribution in [0.15, 0.2) is 12.1 Å². The molecule has 1 atom stereocenters. The lowest BCUT2D eigenvalue weighted by molar-refractivity contribution is -0.138. The van der Waals surface area contributed by atoms with Gasteiger partial charge < -0.3 is 10.8 Å². The van der Waals surface area contributed by atoms with Gasteiger partial charge in [0, 0.05) is 0 Å². The molecule has 84 valence electrons. The molecule has 1 unspecified atom stereocenters. The van der Waals surface area contributed by atoms with E-state index in [2.05, 4.69) is 15.4 Å². The molecule has 0 saturated carbocycles. The van der Waals surface area contributed by atoms with Gasteiger partial charge in [-0.15, -0.1) is 0 Å². The molecule has 1 aromatic carbocycles. The topological polar surface area (TPSA) is 105 Å². The molecule has 0 radical (unpaired) electrons. The third-order valence-electron chi connectivity index (χ3n) is 2.45. The first kappa shape index (κ1) is 10.6. The van der Waals surface area contributed by atoms with E-state index >= 15 is 0 Å². The van der Waals surface area contributed by atoms with Crippen LogP contribution >= 0.6 is 0 Å². The van der Waals surface area contributed by atoms with Crippen LogP contribution in [0.5, 0.6) is 0 Å². The van der Waals surface area contributed by atoms with Crippen LogP contribution < -0.4 is 5.73 Å². The standard InChI is InChI=1S/C10H12N4O2/c1-5-2-6(3-7(11)10(15)16)4-8-9(5)13-14-12-8/h2,4,7H,3,11H2,1H3,(H,15,16)(H,12,13,14). The molecule has 4 N–H and O–H groups in total. The molecule has 0 saturated heterocycles. The third kappa shape index (κ3) is 1.87. The molecular formula is C10H12N4O2. The Balaban J connectivity index is 2.35. The van der Waals surface area contributed by atoms with E-state index in [-0.39, 0.29) is 0 Å². The predicted octanol–water partition coefficient (Wildman–Crippen LogP) is 0.221. The van der Waals surface area contributed by atoms with E-state index in [1.165, 1.54) is 0 Å². The van der Waals surface area contributed by atoms with E-state index in [0.717, 1.165) is 22.2 Å². The highest BCUT2D eigenvalue weighted by Gasteiger charge is 2.13. The number of carbonyl (C=O) groups is 1. The number of aromatic amines is 1. The lowest BCUT2D eigenvalue weighted by atomic mass is 10.0. The number of carboxylic acids is 1. The molecule has 16 heavy (non-hydrogen) atoms. The number of fused-ring (bicyclic) bond motifs is 1. The number of nitrogens with one attached hydrogen (secondary N) is 1. The maximum atomic E-state index is 10.6. The highest BCUT2D eigenvalue weighted by Crippen LogP contribution is 2.17. The highest BCUT2D eigenvalue weighted by atomic mass is 16.4. The van der Waals surface area contributed by atoms with Crippen LogP contribution in [-0.4, -0.2) is 32.5 Å². The summed E-state index contributed by atoms with van der Waals surface area (Å²) in [7, 11) is 0. The molecule has 0 spiro atoms. The summed E-state index contributed by atoms with van der Waals surface area (Å²) in [6.45, 7) is 1.90. The second-order valence-corrected chi connectivity index (χ2v) is 3.75. The fourth-order valence-corrected chi connectivity index (χ4v) is 1.65. The Labute approximate surface area is 91.5 Å². The number of hydrogen-bond donors (Lipinski definition) is 3. The minimum Gasteiger partial charge on any atom is -0.480 e. The van der Waals surface area contributed by atoms with E-state index in [9.17, 15) is 4.79 Å². The number of aliphatic carboxylic acids is 1. The van der Waals surface area contributed by atoms with Gasteiger partial charge in [-0.05, 0) is 30.5 Å². The smallest absolute Gasteiger partial charge is 0.320 e. The Morgan fingerprint density at radius 2 is 2.31 bits per heavy atom. The Morgan fingerprint density at radius 3 is 3.00 bits per heavy atom. The summed E-state index contributed by atoms with van der Waals surface area (Å²) in [6, 6.07) is 2.80. The molecule has 1 heterocycles. The summed E-state index contributed by atoms with van der Waals surface area (Å²) in [5, 5.41) is 19.2. The molecule has 6 heteroatoms. The van der Waals surface area contributed by atoms with Crippen molar-refractivity contribution in [3.8, 4) is 0 Å². The lowest BCUT2D eigenvalue weighted by Crippen LogP contribution is -2.32. The van der Waals surface area contributed by atoms with Gasteiger partial charge in [-0.1, -0.05) is 6.07 Å². The van der Waals surface area contributed by atoms with Gasteiger partial charge in [0.05, 0.1) is 0 Å². The lowest BCUT2D eigenvalue weighted by Gasteiger charge is -2.07. The molecule has 2 aromatic rings. The fourth-order valence-electron chi connectivity index (χ4n) is 1.65. The summed E-state index contributed by atoms with van der Waals surface area (Å²) in [4.78, 5) is 10.6. The van der Waals surface area contributed by atoms with E-state index in [1.807, 2.05) is 13.0 Å². The zero-order valence-electron chi connectivity index (χ0n) is 8.77. The molecule has 0 amide bonds. The summed E-state index contributed by atoms with van der Waals surface area (Å²) < 4.78 is 0. The van der Waals surface area contributed by atoms with Crippen molar-refractivity contribution in [3.63, 3.8) is 0 Å². The second-order valence-electron chi connectivity index (χ2n) is 3.75. The van der Waals surface area contributed by atoms with Crippen LogP contribution in [0.4, 0.5) is 0 Å². The summed E-state index contributed by atoms with van der Waals surface area (Å²) in [5.74, 6) is -1.00. The molecule has 0 bridgehead atoms. The van der Waals surface area contributed by atoms with Crippen LogP contribution in [0.3, 0.4) is 0 Å². The monoisotopic (exact) mass is 220 g/mol. The number of carboxylic acid groups (broad SMARTS) is 1. The number of aryl methyl sites for hydroxylation is 1. The second kappa shape index (κ2) is 3.90. The Hall–Kier alpha value is -1.95. The van der Waals surface area contributed by atoms with Gasteiger partial charge in [-0.3, -0.25) is 4.79 Å². The predicted molar refractivity (Wildman–Crippen MR) is 57.9 cm³/mol. The van der Waals surface area contributed by atoms with Crippen molar-refractivity contribution in [3.05, 3.63) is 23.3 Å². The Kier molecular flexibility index (Phi) is 2.57. The first-order valence-electron chi connectivity index (χ1n) is 4.86. The molecule has 2 rings (SSSR count). The van der Waals surface area contributed by atoms with Gasteiger partial charge in [0.25, 0.3) is 0 Å². The average Bonchev–Trinajstić information content (AvgIpc) is 2.65. The van der Waals surface area contributed by atoms with Crippen molar-refractivity contribution in [1.82, 2.24) is 15.4 Å². The third-order valence-corrected chi connectivity index (χ3v) is 2.45. The normalized spacial score (nSPS) is 12.9. The maximum absolute atomic E-state index is 10.6. The summed E-state index contributed by atoms with van der Waals surface area (Å²) in [6.07, 6.45) is 0.291. The first-order chi connectivity index (χ1) is 7.58. The molecule has 0 fully saturated rings. The average molecular weight is 220 g/mol. The molecule has 0 aliphatic heterocycles. The van der Waals surface area contributed by atoms with E-state index in [4.69, 9.17) is 10.8 Å². The van der Waals surface area contributed by atoms with Crippen LogP contribution in [0, 0.1) is 6.92 Å².